The molecule has 0 bridgehead atoms. The molecule has 1 unspecified atom stereocenters. The molecular formula is C25H34F3N5O8S2. The lowest BCUT2D eigenvalue weighted by Crippen LogP contribution is -2.59. The third-order valence-electron chi connectivity index (χ3n) is 7.83. The summed E-state index contributed by atoms with van der Waals surface area (Å²) in [5.41, 5.74) is -3.31. The lowest BCUT2D eigenvalue weighted by Gasteiger charge is -2.46. The van der Waals surface area contributed by atoms with Crippen LogP contribution in [0.4, 0.5) is 13.2 Å². The van der Waals surface area contributed by atoms with Gasteiger partial charge in [0.15, 0.2) is 17.5 Å². The second kappa shape index (κ2) is 13.0. The van der Waals surface area contributed by atoms with Crippen LogP contribution >= 0.6 is 11.8 Å². The zero-order valence-electron chi connectivity index (χ0n) is 23.5. The molecule has 2 aliphatic heterocycles. The Morgan fingerprint density at radius 1 is 1.21 bits per heavy atom. The lowest BCUT2D eigenvalue weighted by molar-refractivity contribution is -0.179. The van der Waals surface area contributed by atoms with Crippen LogP contribution in [0.3, 0.4) is 0 Å². The van der Waals surface area contributed by atoms with Gasteiger partial charge in [0.05, 0.1) is 24.7 Å². The summed E-state index contributed by atoms with van der Waals surface area (Å²) >= 11 is 0.762. The molecule has 240 valence electrons. The number of halogens is 3. The maximum atomic E-state index is 13.8. The standard InChI is InChI=1S/C25H34F3N5O8S2/c1-4-31(2)23(37)22(25(38)5-7-32(8-6-25)43(3,39)40)42-24-21(36)19(20(35)17(12-34)41-24)33-11-16(29-30-33)13-9-14(26)18(28)15(27)10-13/h9-11,17,19-22,24,34-36,38H,4-8,12H2,1-3H3/t17-,19+,20+,21-,22?,24+/m1/s1. The molecule has 18 heteroatoms. The first-order valence-electron chi connectivity index (χ1n) is 13.4. The number of benzene rings is 1. The van der Waals surface area contributed by atoms with Crippen molar-refractivity contribution in [2.24, 2.45) is 0 Å². The highest BCUT2D eigenvalue weighted by Gasteiger charge is 2.52. The first-order valence-corrected chi connectivity index (χ1v) is 16.2. The van der Waals surface area contributed by atoms with Crippen molar-refractivity contribution in [2.75, 3.05) is 39.5 Å². The predicted molar refractivity (Wildman–Crippen MR) is 147 cm³/mol. The van der Waals surface area contributed by atoms with Crippen molar-refractivity contribution in [1.82, 2.24) is 24.2 Å². The molecule has 2 fully saturated rings. The summed E-state index contributed by atoms with van der Waals surface area (Å²) in [6.45, 7) is 1.20. The second-order valence-electron chi connectivity index (χ2n) is 10.7. The fourth-order valence-electron chi connectivity index (χ4n) is 5.12. The number of ether oxygens (including phenoxy) is 1. The molecule has 3 heterocycles. The van der Waals surface area contributed by atoms with E-state index in [1.54, 1.807) is 6.92 Å². The van der Waals surface area contributed by atoms with Gasteiger partial charge in [0.25, 0.3) is 0 Å². The van der Waals surface area contributed by atoms with Gasteiger partial charge < -0.3 is 30.1 Å². The number of hydrogen-bond acceptors (Lipinski definition) is 11. The van der Waals surface area contributed by atoms with Gasteiger partial charge in [-0.2, -0.15) is 0 Å². The number of aliphatic hydroxyl groups is 4. The summed E-state index contributed by atoms with van der Waals surface area (Å²) in [6, 6.07) is 0.0606. The fourth-order valence-corrected chi connectivity index (χ4v) is 7.55. The molecule has 2 aromatic rings. The molecular weight excluding hydrogens is 619 g/mol. The van der Waals surface area contributed by atoms with Crippen LogP contribution in [0.15, 0.2) is 18.3 Å². The predicted octanol–water partition coefficient (Wildman–Crippen LogP) is -0.291. The van der Waals surface area contributed by atoms with E-state index in [-0.39, 0.29) is 43.7 Å². The van der Waals surface area contributed by atoms with Gasteiger partial charge in [0.1, 0.15) is 40.7 Å². The Labute approximate surface area is 250 Å². The molecule has 2 saturated heterocycles. The number of hydrogen-bond donors (Lipinski definition) is 4. The van der Waals surface area contributed by atoms with Crippen molar-refractivity contribution in [3.8, 4) is 11.3 Å². The van der Waals surface area contributed by atoms with E-state index < -0.39 is 80.6 Å². The summed E-state index contributed by atoms with van der Waals surface area (Å²) in [7, 11) is -2.02. The van der Waals surface area contributed by atoms with E-state index in [1.165, 1.54) is 16.3 Å². The first kappa shape index (κ1) is 33.6. The first-order chi connectivity index (χ1) is 20.1. The van der Waals surface area contributed by atoms with Crippen LogP contribution in [0.5, 0.6) is 0 Å². The SMILES string of the molecule is CCN(C)C(=O)C(S[C@@H]1O[C@H](CO)[C@H](O)[C@H](n2cc(-c3cc(F)c(F)c(F)c3)nn2)[C@H]1O)C1(O)CCN(S(C)(=O)=O)CC1. The zero-order valence-corrected chi connectivity index (χ0v) is 25.2. The topological polar surface area (TPSA) is 179 Å². The van der Waals surface area contributed by atoms with E-state index >= 15 is 0 Å². The van der Waals surface area contributed by atoms with Gasteiger partial charge in [0.2, 0.25) is 15.9 Å². The van der Waals surface area contributed by atoms with Crippen LogP contribution in [0.1, 0.15) is 25.8 Å². The van der Waals surface area contributed by atoms with Crippen LogP contribution in [-0.2, 0) is 19.6 Å². The molecule has 0 aliphatic carbocycles. The average Bonchev–Trinajstić information content (AvgIpc) is 3.44. The summed E-state index contributed by atoms with van der Waals surface area (Å²) in [5.74, 6) is -5.09. The van der Waals surface area contributed by atoms with E-state index in [4.69, 9.17) is 4.74 Å². The highest BCUT2D eigenvalue weighted by atomic mass is 32.2. The van der Waals surface area contributed by atoms with Crippen LogP contribution in [0.25, 0.3) is 11.3 Å². The van der Waals surface area contributed by atoms with Crippen LogP contribution < -0.4 is 0 Å². The average molecular weight is 654 g/mol. The fraction of sp³-hybridized carbons (Fsp3) is 0.640. The van der Waals surface area contributed by atoms with Gasteiger partial charge >= 0.3 is 0 Å². The molecule has 2 aliphatic rings. The molecule has 0 saturated carbocycles. The molecule has 6 atom stereocenters. The number of thioether (sulfide) groups is 1. The number of carbonyl (C=O) groups is 1. The summed E-state index contributed by atoms with van der Waals surface area (Å²) in [4.78, 5) is 14.9. The van der Waals surface area contributed by atoms with Gasteiger partial charge in [-0.3, -0.25) is 4.79 Å². The normalized spacial score (nSPS) is 27.2. The Kier molecular flexibility index (Phi) is 10.1. The Bertz CT molecular complexity index is 1400. The smallest absolute Gasteiger partial charge is 0.238 e. The van der Waals surface area contributed by atoms with Gasteiger partial charge in [0, 0.05) is 32.2 Å². The number of aromatic nitrogens is 3. The number of amides is 1. The second-order valence-corrected chi connectivity index (χ2v) is 13.9. The Hall–Kier alpha value is -2.32. The van der Waals surface area contributed by atoms with Crippen molar-refractivity contribution in [3.63, 3.8) is 0 Å². The number of carbonyl (C=O) groups excluding carboxylic acids is 1. The summed E-state index contributed by atoms with van der Waals surface area (Å²) in [5, 5.41) is 50.4. The maximum absolute atomic E-state index is 13.8. The number of sulfonamides is 1. The molecule has 1 amide bonds. The minimum absolute atomic E-state index is 0.0451. The van der Waals surface area contributed by atoms with E-state index in [0.717, 1.165) is 28.9 Å². The van der Waals surface area contributed by atoms with Gasteiger partial charge in [-0.05, 0) is 31.9 Å². The monoisotopic (exact) mass is 653 g/mol. The Balaban J connectivity index is 1.64. The van der Waals surface area contributed by atoms with Crippen LogP contribution in [-0.4, -0.2) is 133 Å². The minimum atomic E-state index is -3.53. The van der Waals surface area contributed by atoms with Crippen LogP contribution in [0.2, 0.25) is 0 Å². The molecule has 0 spiro atoms. The number of nitrogens with zero attached hydrogens (tertiary/aromatic N) is 5. The van der Waals surface area contributed by atoms with E-state index in [0.29, 0.717) is 12.1 Å². The lowest BCUT2D eigenvalue weighted by atomic mass is 9.88. The molecule has 13 nitrogen and oxygen atoms in total. The maximum Gasteiger partial charge on any atom is 0.238 e. The molecule has 1 aromatic heterocycles. The van der Waals surface area contributed by atoms with Crippen molar-refractivity contribution < 1.29 is 51.5 Å². The molecule has 43 heavy (non-hydrogen) atoms. The molecule has 4 N–H and O–H groups in total. The molecule has 4 rings (SSSR count). The number of aliphatic hydroxyl groups excluding tert-OH is 3. The van der Waals surface area contributed by atoms with Crippen molar-refractivity contribution >= 4 is 27.7 Å². The van der Waals surface area contributed by atoms with Gasteiger partial charge in [-0.25, -0.2) is 30.6 Å². The number of piperidine rings is 1. The highest BCUT2D eigenvalue weighted by molar-refractivity contribution is 8.01. The third kappa shape index (κ3) is 6.85. The van der Waals surface area contributed by atoms with Crippen molar-refractivity contribution in [1.29, 1.82) is 0 Å². The highest BCUT2D eigenvalue weighted by Crippen LogP contribution is 2.42. The number of rotatable bonds is 9. The molecule has 1 aromatic carbocycles. The Morgan fingerprint density at radius 2 is 1.81 bits per heavy atom. The Morgan fingerprint density at radius 3 is 2.35 bits per heavy atom. The van der Waals surface area contributed by atoms with E-state index in [9.17, 15) is 46.8 Å². The quantitative estimate of drug-likeness (QED) is 0.262. The zero-order chi connectivity index (χ0) is 31.9. The van der Waals surface area contributed by atoms with Gasteiger partial charge in [-0.1, -0.05) is 5.21 Å². The molecule has 0 radical (unpaired) electrons. The largest absolute Gasteiger partial charge is 0.394 e. The van der Waals surface area contributed by atoms with E-state index in [1.807, 2.05) is 0 Å². The van der Waals surface area contributed by atoms with Crippen molar-refractivity contribution in [3.05, 3.63) is 35.8 Å². The van der Waals surface area contributed by atoms with Crippen molar-refractivity contribution in [2.45, 2.75) is 60.4 Å². The third-order valence-corrected chi connectivity index (χ3v) is 10.7. The minimum Gasteiger partial charge on any atom is -0.394 e. The summed E-state index contributed by atoms with van der Waals surface area (Å²) in [6.07, 6.45) is -2.45. The van der Waals surface area contributed by atoms with Crippen LogP contribution in [0, 0.1) is 17.5 Å². The summed E-state index contributed by atoms with van der Waals surface area (Å²) < 4.78 is 73.1. The van der Waals surface area contributed by atoms with E-state index in [2.05, 4.69) is 10.3 Å². The van der Waals surface area contributed by atoms with Gasteiger partial charge in [-0.15, -0.1) is 16.9 Å².